The minimum Gasteiger partial charge on any atom is -0.357 e. The van der Waals surface area contributed by atoms with E-state index in [-0.39, 0.29) is 35.2 Å². The molecule has 0 unspecified atom stereocenters. The Kier molecular flexibility index (Phi) is 7.07. The number of anilines is 5. The van der Waals surface area contributed by atoms with Crippen molar-refractivity contribution >= 4 is 52.5 Å². The molecule has 4 amide bonds. The minimum absolute atomic E-state index is 0.0237. The molecule has 0 radical (unpaired) electrons. The SMILES string of the molecule is CCN1C(=O)N(c2cc(NC(=O)Nc3cccc(C(F)(F)F)c3)c(F)cc2Cl)Cc2cnc(NC)nc21. The number of fused-ring (bicyclic) bond motifs is 1. The number of alkyl halides is 3. The molecule has 194 valence electrons. The molecule has 1 aromatic heterocycles. The van der Waals surface area contributed by atoms with Gasteiger partial charge in [-0.1, -0.05) is 17.7 Å². The average Bonchev–Trinajstić information content (AvgIpc) is 2.85. The van der Waals surface area contributed by atoms with Crippen LogP contribution in [0.3, 0.4) is 0 Å². The highest BCUT2D eigenvalue weighted by Gasteiger charge is 2.34. The second-order valence-electron chi connectivity index (χ2n) is 7.85. The van der Waals surface area contributed by atoms with Crippen molar-refractivity contribution in [2.75, 3.05) is 39.3 Å². The molecule has 1 aliphatic rings. The fourth-order valence-electron chi connectivity index (χ4n) is 3.71. The van der Waals surface area contributed by atoms with Crippen LogP contribution < -0.4 is 25.8 Å². The summed E-state index contributed by atoms with van der Waals surface area (Å²) >= 11 is 6.26. The summed E-state index contributed by atoms with van der Waals surface area (Å²) in [7, 11) is 1.64. The molecule has 0 aliphatic carbocycles. The quantitative estimate of drug-likeness (QED) is 0.350. The predicted octanol–water partition coefficient (Wildman–Crippen LogP) is 5.94. The highest BCUT2D eigenvalue weighted by molar-refractivity contribution is 6.34. The molecule has 9 nitrogen and oxygen atoms in total. The van der Waals surface area contributed by atoms with Crippen LogP contribution in [0, 0.1) is 5.82 Å². The van der Waals surface area contributed by atoms with Gasteiger partial charge in [0.2, 0.25) is 5.95 Å². The van der Waals surface area contributed by atoms with Gasteiger partial charge in [-0.2, -0.15) is 18.2 Å². The molecule has 0 fully saturated rings. The fourth-order valence-corrected chi connectivity index (χ4v) is 3.96. The first kappa shape index (κ1) is 25.9. The first-order valence-electron chi connectivity index (χ1n) is 10.9. The third kappa shape index (κ3) is 5.35. The first-order valence-corrected chi connectivity index (χ1v) is 11.3. The van der Waals surface area contributed by atoms with E-state index in [1.54, 1.807) is 20.2 Å². The molecule has 0 saturated heterocycles. The Labute approximate surface area is 213 Å². The van der Waals surface area contributed by atoms with Crippen molar-refractivity contribution in [3.8, 4) is 0 Å². The van der Waals surface area contributed by atoms with Gasteiger partial charge in [0.25, 0.3) is 0 Å². The standard InChI is InChI=1S/C23H20ClF4N7O2/c1-3-34-19-12(10-30-20(29-2)33-19)11-35(22(34)37)18-9-17(16(25)8-15(18)24)32-21(36)31-14-6-4-5-13(7-14)23(26,27)28/h4-10H,3,11H2,1-2H3,(H,29,30,33)(H2,31,32,36). The van der Waals surface area contributed by atoms with E-state index >= 15 is 0 Å². The molecule has 0 bridgehead atoms. The molecule has 4 rings (SSSR count). The Morgan fingerprint density at radius 3 is 2.62 bits per heavy atom. The third-order valence-corrected chi connectivity index (χ3v) is 5.75. The van der Waals surface area contributed by atoms with Crippen LogP contribution >= 0.6 is 11.6 Å². The van der Waals surface area contributed by atoms with Crippen LogP contribution in [0.15, 0.2) is 42.6 Å². The van der Waals surface area contributed by atoms with E-state index in [2.05, 4.69) is 25.9 Å². The maximum absolute atomic E-state index is 14.7. The Balaban J connectivity index is 1.60. The van der Waals surface area contributed by atoms with Gasteiger partial charge < -0.3 is 16.0 Å². The van der Waals surface area contributed by atoms with Gasteiger partial charge in [-0.15, -0.1) is 0 Å². The number of halogens is 5. The number of amides is 4. The zero-order valence-corrected chi connectivity index (χ0v) is 20.2. The predicted molar refractivity (Wildman–Crippen MR) is 132 cm³/mol. The van der Waals surface area contributed by atoms with Gasteiger partial charge in [-0.3, -0.25) is 9.80 Å². The lowest BCUT2D eigenvalue weighted by Crippen LogP contribution is -2.48. The molecule has 0 atom stereocenters. The van der Waals surface area contributed by atoms with Crippen molar-refractivity contribution in [3.63, 3.8) is 0 Å². The number of hydrogen-bond donors (Lipinski definition) is 3. The van der Waals surface area contributed by atoms with Crippen molar-refractivity contribution in [2.45, 2.75) is 19.6 Å². The number of benzene rings is 2. The van der Waals surface area contributed by atoms with Gasteiger partial charge in [-0.25, -0.2) is 19.0 Å². The number of carbonyl (C=O) groups excluding carboxylic acids is 2. The summed E-state index contributed by atoms with van der Waals surface area (Å²) in [4.78, 5) is 36.9. The molecule has 14 heteroatoms. The molecule has 0 spiro atoms. The molecule has 2 aromatic carbocycles. The monoisotopic (exact) mass is 537 g/mol. The number of urea groups is 2. The van der Waals surface area contributed by atoms with Crippen LogP contribution in [0.4, 0.5) is 56.0 Å². The summed E-state index contributed by atoms with van der Waals surface area (Å²) in [5, 5.41) is 7.19. The summed E-state index contributed by atoms with van der Waals surface area (Å²) in [5.41, 5.74) is -0.737. The van der Waals surface area contributed by atoms with Crippen molar-refractivity contribution in [1.82, 2.24) is 9.97 Å². The van der Waals surface area contributed by atoms with Crippen molar-refractivity contribution in [2.24, 2.45) is 0 Å². The second kappa shape index (κ2) is 10.1. The first-order chi connectivity index (χ1) is 17.5. The Morgan fingerprint density at radius 1 is 1.19 bits per heavy atom. The maximum Gasteiger partial charge on any atom is 0.416 e. The van der Waals surface area contributed by atoms with E-state index in [4.69, 9.17) is 11.6 Å². The average molecular weight is 538 g/mol. The molecule has 1 aliphatic heterocycles. The van der Waals surface area contributed by atoms with E-state index in [0.29, 0.717) is 17.3 Å². The fraction of sp³-hybridized carbons (Fsp3) is 0.217. The van der Waals surface area contributed by atoms with Crippen LogP contribution in [0.1, 0.15) is 18.1 Å². The number of nitrogens with one attached hydrogen (secondary N) is 3. The molecular weight excluding hydrogens is 518 g/mol. The molecule has 3 aromatic rings. The number of carbonyl (C=O) groups is 2. The smallest absolute Gasteiger partial charge is 0.357 e. The van der Waals surface area contributed by atoms with Crippen LogP contribution in [-0.4, -0.2) is 35.6 Å². The van der Waals surface area contributed by atoms with Crippen LogP contribution in [-0.2, 0) is 12.7 Å². The van der Waals surface area contributed by atoms with Gasteiger partial charge in [0.15, 0.2) is 0 Å². The zero-order valence-electron chi connectivity index (χ0n) is 19.5. The molecule has 3 N–H and O–H groups in total. The summed E-state index contributed by atoms with van der Waals surface area (Å²) in [6.07, 6.45) is -3.05. The normalized spacial score (nSPS) is 13.3. The van der Waals surface area contributed by atoms with Gasteiger partial charge >= 0.3 is 18.2 Å². The lowest BCUT2D eigenvalue weighted by atomic mass is 10.1. The number of rotatable bonds is 5. The Hall–Kier alpha value is -4.13. The number of aromatic nitrogens is 2. The van der Waals surface area contributed by atoms with Crippen LogP contribution in [0.25, 0.3) is 0 Å². The largest absolute Gasteiger partial charge is 0.416 e. The zero-order chi connectivity index (χ0) is 26.9. The topological polar surface area (TPSA) is 102 Å². The highest BCUT2D eigenvalue weighted by Crippen LogP contribution is 2.37. The van der Waals surface area contributed by atoms with Crippen molar-refractivity contribution < 1.29 is 27.2 Å². The third-order valence-electron chi connectivity index (χ3n) is 5.45. The molecule has 2 heterocycles. The summed E-state index contributed by atoms with van der Waals surface area (Å²) in [5.74, 6) is -0.163. The van der Waals surface area contributed by atoms with Crippen LogP contribution in [0.5, 0.6) is 0 Å². The molecular formula is C23H20ClF4N7O2. The molecule has 37 heavy (non-hydrogen) atoms. The molecule has 0 saturated carbocycles. The van der Waals surface area contributed by atoms with Crippen molar-refractivity contribution in [3.05, 3.63) is 64.6 Å². The summed E-state index contributed by atoms with van der Waals surface area (Å²) in [6, 6.07) is 4.60. The lowest BCUT2D eigenvalue weighted by Gasteiger charge is -2.36. The van der Waals surface area contributed by atoms with E-state index < -0.39 is 29.6 Å². The Morgan fingerprint density at radius 2 is 1.95 bits per heavy atom. The summed E-state index contributed by atoms with van der Waals surface area (Å²) in [6.45, 7) is 2.05. The number of nitrogens with zero attached hydrogens (tertiary/aromatic N) is 4. The van der Waals surface area contributed by atoms with Gasteiger partial charge in [0.1, 0.15) is 11.6 Å². The van der Waals surface area contributed by atoms with E-state index in [0.717, 1.165) is 24.3 Å². The minimum atomic E-state index is -4.60. The van der Waals surface area contributed by atoms with E-state index in [1.807, 2.05) is 0 Å². The maximum atomic E-state index is 14.7. The van der Waals surface area contributed by atoms with Gasteiger partial charge in [-0.05, 0) is 37.3 Å². The van der Waals surface area contributed by atoms with E-state index in [9.17, 15) is 27.2 Å². The summed E-state index contributed by atoms with van der Waals surface area (Å²) < 4.78 is 53.5. The van der Waals surface area contributed by atoms with E-state index in [1.165, 1.54) is 21.9 Å². The van der Waals surface area contributed by atoms with Crippen LogP contribution in [0.2, 0.25) is 5.02 Å². The lowest BCUT2D eigenvalue weighted by molar-refractivity contribution is -0.137. The van der Waals surface area contributed by atoms with Gasteiger partial charge in [0.05, 0.1) is 28.5 Å². The Bertz CT molecular complexity index is 1370. The second-order valence-corrected chi connectivity index (χ2v) is 8.25. The highest BCUT2D eigenvalue weighted by atomic mass is 35.5. The number of hydrogen-bond acceptors (Lipinski definition) is 5. The van der Waals surface area contributed by atoms with Crippen molar-refractivity contribution in [1.29, 1.82) is 0 Å². The van der Waals surface area contributed by atoms with Gasteiger partial charge in [0, 0.05) is 31.0 Å².